The summed E-state index contributed by atoms with van der Waals surface area (Å²) in [6, 6.07) is -0.0135. The maximum absolute atomic E-state index is 12.3. The van der Waals surface area contributed by atoms with Crippen molar-refractivity contribution in [1.29, 1.82) is 5.41 Å². The van der Waals surface area contributed by atoms with Crippen molar-refractivity contribution in [1.82, 2.24) is 4.90 Å². The number of carbonyl (C=O) groups is 1. The molecule has 0 bridgehead atoms. The molecule has 110 valence electrons. The molecule has 1 atom stereocenters. The van der Waals surface area contributed by atoms with Gasteiger partial charge in [0.2, 0.25) is 0 Å². The number of amides is 1. The average molecular weight is 269 g/mol. The Morgan fingerprint density at radius 1 is 1.47 bits per heavy atom. The van der Waals surface area contributed by atoms with Crippen LogP contribution in [0.3, 0.4) is 0 Å². The third-order valence-corrected chi connectivity index (χ3v) is 3.28. The maximum atomic E-state index is 12.3. The second-order valence-electron chi connectivity index (χ2n) is 7.19. The molecule has 1 aliphatic heterocycles. The van der Waals surface area contributed by atoms with E-state index in [1.807, 2.05) is 20.8 Å². The first-order valence-electron chi connectivity index (χ1n) is 6.83. The Balaban J connectivity index is 2.81. The predicted octanol–water partition coefficient (Wildman–Crippen LogP) is 2.74. The number of piperidine rings is 1. The molecular weight excluding hydrogens is 242 g/mol. The Bertz CT molecular complexity index is 358. The van der Waals surface area contributed by atoms with Crippen molar-refractivity contribution in [3.05, 3.63) is 0 Å². The maximum Gasteiger partial charge on any atom is 0.410 e. The average Bonchev–Trinajstić information content (AvgIpc) is 2.17. The molecule has 0 aromatic heterocycles. The number of ether oxygens (including phenoxy) is 1. The number of carbonyl (C=O) groups excluding carboxylic acids is 1. The van der Waals surface area contributed by atoms with Crippen LogP contribution in [0.4, 0.5) is 4.79 Å². The summed E-state index contributed by atoms with van der Waals surface area (Å²) in [6.07, 6.45) is 2.03. The quantitative estimate of drug-likeness (QED) is 0.597. The van der Waals surface area contributed by atoms with Crippen molar-refractivity contribution in [3.63, 3.8) is 0 Å². The lowest BCUT2D eigenvalue weighted by Gasteiger charge is -2.43. The largest absolute Gasteiger partial charge is 0.444 e. The van der Waals surface area contributed by atoms with Crippen LogP contribution in [0.2, 0.25) is 0 Å². The van der Waals surface area contributed by atoms with E-state index < -0.39 is 5.60 Å². The van der Waals surface area contributed by atoms with E-state index in [1.165, 1.54) is 0 Å². The van der Waals surface area contributed by atoms with Gasteiger partial charge in [-0.1, -0.05) is 13.8 Å². The van der Waals surface area contributed by atoms with Gasteiger partial charge in [0.1, 0.15) is 5.60 Å². The highest BCUT2D eigenvalue weighted by molar-refractivity contribution is 5.78. The van der Waals surface area contributed by atoms with Crippen molar-refractivity contribution >= 4 is 11.9 Å². The van der Waals surface area contributed by atoms with Gasteiger partial charge >= 0.3 is 6.09 Å². The van der Waals surface area contributed by atoms with Gasteiger partial charge in [-0.25, -0.2) is 4.79 Å². The van der Waals surface area contributed by atoms with Crippen molar-refractivity contribution in [2.45, 2.75) is 65.5 Å². The Kier molecular flexibility index (Phi) is 4.48. The van der Waals surface area contributed by atoms with Crippen LogP contribution >= 0.6 is 0 Å². The second-order valence-corrected chi connectivity index (χ2v) is 7.19. The SMILES string of the molecule is CC1(C)CCC(CC(=N)N)N(C(=O)OC(C)(C)C)C1. The third-order valence-electron chi connectivity index (χ3n) is 3.28. The van der Waals surface area contributed by atoms with Gasteiger partial charge in [0.05, 0.1) is 5.84 Å². The molecule has 0 aliphatic carbocycles. The molecule has 1 amide bonds. The zero-order valence-corrected chi connectivity index (χ0v) is 12.7. The van der Waals surface area contributed by atoms with Crippen LogP contribution in [0.15, 0.2) is 0 Å². The molecule has 1 heterocycles. The van der Waals surface area contributed by atoms with Gasteiger partial charge in [-0.3, -0.25) is 5.41 Å². The van der Waals surface area contributed by atoms with Crippen molar-refractivity contribution in [2.75, 3.05) is 6.54 Å². The second kappa shape index (κ2) is 5.39. The van der Waals surface area contributed by atoms with Crippen molar-refractivity contribution in [2.24, 2.45) is 11.1 Å². The Morgan fingerprint density at radius 2 is 2.05 bits per heavy atom. The van der Waals surface area contributed by atoms with Crippen LogP contribution in [0.25, 0.3) is 0 Å². The monoisotopic (exact) mass is 269 g/mol. The molecule has 19 heavy (non-hydrogen) atoms. The summed E-state index contributed by atoms with van der Waals surface area (Å²) >= 11 is 0. The molecule has 0 spiro atoms. The van der Waals surface area contributed by atoms with Gasteiger partial charge in [0, 0.05) is 19.0 Å². The first-order valence-corrected chi connectivity index (χ1v) is 6.83. The molecule has 1 rings (SSSR count). The minimum atomic E-state index is -0.501. The number of amidine groups is 1. The van der Waals surface area contributed by atoms with E-state index in [4.69, 9.17) is 15.9 Å². The van der Waals surface area contributed by atoms with E-state index in [0.717, 1.165) is 12.8 Å². The Labute approximate surface area is 116 Å². The van der Waals surface area contributed by atoms with E-state index in [9.17, 15) is 4.79 Å². The van der Waals surface area contributed by atoms with E-state index in [2.05, 4.69) is 13.8 Å². The van der Waals surface area contributed by atoms with E-state index >= 15 is 0 Å². The lowest BCUT2D eigenvalue weighted by molar-refractivity contribution is -0.00625. The zero-order chi connectivity index (χ0) is 14.8. The van der Waals surface area contributed by atoms with Crippen LogP contribution in [0.1, 0.15) is 53.9 Å². The predicted molar refractivity (Wildman–Crippen MR) is 76.3 cm³/mol. The third kappa shape index (κ3) is 5.09. The molecule has 5 nitrogen and oxygen atoms in total. The standard InChI is InChI=1S/C14H27N3O2/c1-13(2,3)19-12(18)17-9-14(4,5)7-6-10(17)8-11(15)16/h10H,6-9H2,1-5H3,(H3,15,16). The topological polar surface area (TPSA) is 79.4 Å². The van der Waals surface area contributed by atoms with Crippen molar-refractivity contribution < 1.29 is 9.53 Å². The number of nitrogens with two attached hydrogens (primary N) is 1. The van der Waals surface area contributed by atoms with Crippen LogP contribution in [0.5, 0.6) is 0 Å². The number of rotatable bonds is 2. The molecule has 1 aliphatic rings. The van der Waals surface area contributed by atoms with Crippen LogP contribution in [-0.2, 0) is 4.74 Å². The first kappa shape index (κ1) is 15.8. The summed E-state index contributed by atoms with van der Waals surface area (Å²) in [4.78, 5) is 14.0. The fraction of sp³-hybridized carbons (Fsp3) is 0.857. The van der Waals surface area contributed by atoms with E-state index in [0.29, 0.717) is 13.0 Å². The summed E-state index contributed by atoms with van der Waals surface area (Å²) in [6.45, 7) is 10.5. The molecule has 0 aromatic rings. The minimum absolute atomic E-state index is 0.0135. The molecule has 5 heteroatoms. The molecular formula is C14H27N3O2. The summed E-state index contributed by atoms with van der Waals surface area (Å²) in [7, 11) is 0. The molecule has 3 N–H and O–H groups in total. The zero-order valence-electron chi connectivity index (χ0n) is 12.7. The van der Waals surface area contributed by atoms with Gasteiger partial charge in [-0.2, -0.15) is 0 Å². The summed E-state index contributed by atoms with van der Waals surface area (Å²) in [5.74, 6) is 0.123. The van der Waals surface area contributed by atoms with Crippen molar-refractivity contribution in [3.8, 4) is 0 Å². The highest BCUT2D eigenvalue weighted by Crippen LogP contribution is 2.33. The normalized spacial score (nSPS) is 23.0. The minimum Gasteiger partial charge on any atom is -0.444 e. The number of nitrogens with zero attached hydrogens (tertiary/aromatic N) is 1. The molecule has 1 unspecified atom stereocenters. The summed E-state index contributed by atoms with van der Waals surface area (Å²) in [5.41, 5.74) is 5.07. The summed E-state index contributed by atoms with van der Waals surface area (Å²) < 4.78 is 5.46. The molecule has 0 radical (unpaired) electrons. The smallest absolute Gasteiger partial charge is 0.410 e. The van der Waals surface area contributed by atoms with Gasteiger partial charge < -0.3 is 15.4 Å². The summed E-state index contributed by atoms with van der Waals surface area (Å²) in [5, 5.41) is 7.44. The van der Waals surface area contributed by atoms with Crippen LogP contribution in [0, 0.1) is 10.8 Å². The van der Waals surface area contributed by atoms with Gasteiger partial charge in [0.15, 0.2) is 0 Å². The number of hydrogen-bond donors (Lipinski definition) is 2. The van der Waals surface area contributed by atoms with Crippen LogP contribution in [-0.4, -0.2) is 35.0 Å². The fourth-order valence-electron chi connectivity index (χ4n) is 2.38. The Morgan fingerprint density at radius 3 is 2.53 bits per heavy atom. The molecule has 0 aromatic carbocycles. The Hall–Kier alpha value is -1.26. The molecule has 0 saturated carbocycles. The fourth-order valence-corrected chi connectivity index (χ4v) is 2.38. The highest BCUT2D eigenvalue weighted by atomic mass is 16.6. The number of hydrogen-bond acceptors (Lipinski definition) is 3. The lowest BCUT2D eigenvalue weighted by atomic mass is 9.80. The highest BCUT2D eigenvalue weighted by Gasteiger charge is 2.37. The van der Waals surface area contributed by atoms with Gasteiger partial charge in [0.25, 0.3) is 0 Å². The van der Waals surface area contributed by atoms with Gasteiger partial charge in [-0.05, 0) is 39.0 Å². The molecule has 1 saturated heterocycles. The lowest BCUT2D eigenvalue weighted by Crippen LogP contribution is -2.52. The number of likely N-dealkylation sites (tertiary alicyclic amines) is 1. The first-order chi connectivity index (χ1) is 8.50. The number of nitrogens with one attached hydrogen (secondary N) is 1. The molecule has 1 fully saturated rings. The van der Waals surface area contributed by atoms with Gasteiger partial charge in [-0.15, -0.1) is 0 Å². The van der Waals surface area contributed by atoms with E-state index in [1.54, 1.807) is 4.90 Å². The van der Waals surface area contributed by atoms with E-state index in [-0.39, 0.29) is 23.4 Å². The van der Waals surface area contributed by atoms with Crippen LogP contribution < -0.4 is 5.73 Å².